The molecule has 1 atom stereocenters. The zero-order valence-corrected chi connectivity index (χ0v) is 18.3. The van der Waals surface area contributed by atoms with E-state index in [1.165, 1.54) is 16.0 Å². The van der Waals surface area contributed by atoms with Crippen molar-refractivity contribution in [3.05, 3.63) is 66.2 Å². The third-order valence-corrected chi connectivity index (χ3v) is 5.31. The fourth-order valence-electron chi connectivity index (χ4n) is 3.46. The number of amides is 3. The van der Waals surface area contributed by atoms with Crippen LogP contribution in [-0.4, -0.2) is 35.2 Å². The average Bonchev–Trinajstić information content (AvgIpc) is 3.06. The Kier molecular flexibility index (Phi) is 5.83. The summed E-state index contributed by atoms with van der Waals surface area (Å²) in [7, 11) is 0. The zero-order valence-electron chi connectivity index (χ0n) is 17.4. The van der Waals surface area contributed by atoms with Gasteiger partial charge in [-0.05, 0) is 68.5 Å². The molecule has 8 nitrogen and oxygen atoms in total. The van der Waals surface area contributed by atoms with E-state index >= 15 is 0 Å². The molecule has 9 heteroatoms. The van der Waals surface area contributed by atoms with Gasteiger partial charge < -0.3 is 4.74 Å². The molecule has 0 aliphatic carbocycles. The molecule has 0 saturated carbocycles. The van der Waals surface area contributed by atoms with Gasteiger partial charge in [0, 0.05) is 0 Å². The summed E-state index contributed by atoms with van der Waals surface area (Å²) in [5, 5.41) is 8.09. The first-order valence-electron chi connectivity index (χ1n) is 9.99. The maximum absolute atomic E-state index is 13.2. The minimum atomic E-state index is -0.839. The molecular weight excluding hydrogens is 428 g/mol. The highest BCUT2D eigenvalue weighted by Crippen LogP contribution is 2.28. The van der Waals surface area contributed by atoms with Gasteiger partial charge in [0.2, 0.25) is 0 Å². The quantitative estimate of drug-likeness (QED) is 0.432. The van der Waals surface area contributed by atoms with Crippen LogP contribution in [0, 0.1) is 5.92 Å². The van der Waals surface area contributed by atoms with Crippen molar-refractivity contribution in [1.29, 1.82) is 0 Å². The fourth-order valence-corrected chi connectivity index (χ4v) is 3.74. The van der Waals surface area contributed by atoms with Crippen LogP contribution in [0.3, 0.4) is 0 Å². The Morgan fingerprint density at radius 1 is 1.06 bits per heavy atom. The molecule has 0 unspecified atom stereocenters. The van der Waals surface area contributed by atoms with Crippen molar-refractivity contribution >= 4 is 52.1 Å². The first-order chi connectivity index (χ1) is 15.4. The minimum absolute atomic E-state index is 0.0321. The Bertz CT molecular complexity index is 1160. The fraction of sp³-hybridized carbons (Fsp3) is 0.174. The molecule has 162 valence electrons. The van der Waals surface area contributed by atoms with Gasteiger partial charge in [-0.15, -0.1) is 0 Å². The SMILES string of the molecule is CCOc1ccc(N2C(=O)/C(=C\[C@H]3C(=O)N(c4ccccc4)N=C3C)C(=O)NC2=S)cc1. The molecule has 2 aliphatic rings. The second-order valence-electron chi connectivity index (χ2n) is 7.11. The molecule has 32 heavy (non-hydrogen) atoms. The summed E-state index contributed by atoms with van der Waals surface area (Å²) in [4.78, 5) is 40.0. The molecule has 0 aromatic heterocycles. The number of hydrogen-bond acceptors (Lipinski definition) is 6. The number of para-hydroxylation sites is 1. The number of carbonyl (C=O) groups excluding carboxylic acids is 3. The summed E-state index contributed by atoms with van der Waals surface area (Å²) in [5.41, 5.74) is 1.39. The highest BCUT2D eigenvalue weighted by Gasteiger charge is 2.39. The Morgan fingerprint density at radius 2 is 1.75 bits per heavy atom. The van der Waals surface area contributed by atoms with E-state index in [9.17, 15) is 14.4 Å². The first-order valence-corrected chi connectivity index (χ1v) is 10.4. The molecule has 1 fully saturated rings. The van der Waals surface area contributed by atoms with Crippen molar-refractivity contribution in [3.8, 4) is 5.75 Å². The number of rotatable bonds is 5. The normalized spacial score (nSPS) is 20.0. The highest BCUT2D eigenvalue weighted by molar-refractivity contribution is 7.80. The van der Waals surface area contributed by atoms with Gasteiger partial charge in [-0.3, -0.25) is 24.6 Å². The van der Waals surface area contributed by atoms with E-state index in [0.717, 1.165) is 0 Å². The van der Waals surface area contributed by atoms with Gasteiger partial charge in [0.1, 0.15) is 11.3 Å². The molecule has 0 spiro atoms. The van der Waals surface area contributed by atoms with Gasteiger partial charge >= 0.3 is 0 Å². The number of ether oxygens (including phenoxy) is 1. The lowest BCUT2D eigenvalue weighted by atomic mass is 9.98. The van der Waals surface area contributed by atoms with Crippen LogP contribution in [-0.2, 0) is 14.4 Å². The first kappa shape index (κ1) is 21.4. The molecule has 0 radical (unpaired) electrons. The minimum Gasteiger partial charge on any atom is -0.494 e. The van der Waals surface area contributed by atoms with Crippen LogP contribution in [0.25, 0.3) is 0 Å². The Balaban J connectivity index is 1.63. The molecule has 4 rings (SSSR count). The molecule has 1 N–H and O–H groups in total. The van der Waals surface area contributed by atoms with Gasteiger partial charge in [0.05, 0.1) is 29.6 Å². The summed E-state index contributed by atoms with van der Waals surface area (Å²) in [6.07, 6.45) is 1.35. The van der Waals surface area contributed by atoms with Crippen molar-refractivity contribution in [3.63, 3.8) is 0 Å². The van der Waals surface area contributed by atoms with Crippen molar-refractivity contribution in [1.82, 2.24) is 5.32 Å². The lowest BCUT2D eigenvalue weighted by molar-refractivity contribution is -0.122. The summed E-state index contributed by atoms with van der Waals surface area (Å²) in [6, 6.07) is 15.7. The Morgan fingerprint density at radius 3 is 2.41 bits per heavy atom. The largest absolute Gasteiger partial charge is 0.494 e. The predicted octanol–water partition coefficient (Wildman–Crippen LogP) is 2.80. The van der Waals surface area contributed by atoms with Crippen LogP contribution in [0.2, 0.25) is 0 Å². The number of benzene rings is 2. The average molecular weight is 449 g/mol. The number of hydrogen-bond donors (Lipinski definition) is 1. The van der Waals surface area contributed by atoms with E-state index < -0.39 is 17.7 Å². The van der Waals surface area contributed by atoms with Crippen molar-refractivity contribution in [2.45, 2.75) is 13.8 Å². The van der Waals surface area contributed by atoms with E-state index in [2.05, 4.69) is 10.4 Å². The monoisotopic (exact) mass is 448 g/mol. The smallest absolute Gasteiger partial charge is 0.269 e. The molecule has 2 heterocycles. The van der Waals surface area contributed by atoms with Gasteiger partial charge in [-0.2, -0.15) is 10.1 Å². The number of nitrogens with zero attached hydrogens (tertiary/aromatic N) is 3. The van der Waals surface area contributed by atoms with Gasteiger partial charge in [0.15, 0.2) is 5.11 Å². The van der Waals surface area contributed by atoms with Crippen molar-refractivity contribution in [2.75, 3.05) is 16.5 Å². The summed E-state index contributed by atoms with van der Waals surface area (Å²) in [5.74, 6) is -1.80. The van der Waals surface area contributed by atoms with Crippen molar-refractivity contribution < 1.29 is 19.1 Å². The third kappa shape index (κ3) is 3.90. The standard InChI is InChI=1S/C23H20N4O4S/c1-3-31-17-11-9-15(10-12-17)26-21(29)19(20(28)24-23(26)32)13-18-14(2)25-27(22(18)30)16-7-5-4-6-8-16/h4-13,18H,3H2,1-2H3,(H,24,28,32)/b19-13-/t18-/m1/s1. The van der Waals surface area contributed by atoms with E-state index in [1.54, 1.807) is 55.5 Å². The van der Waals surface area contributed by atoms with Gasteiger partial charge in [0.25, 0.3) is 17.7 Å². The van der Waals surface area contributed by atoms with Gasteiger partial charge in [-0.1, -0.05) is 18.2 Å². The highest BCUT2D eigenvalue weighted by atomic mass is 32.1. The molecular formula is C23H20N4O4S. The van der Waals surface area contributed by atoms with Gasteiger partial charge in [-0.25, -0.2) is 0 Å². The van der Waals surface area contributed by atoms with E-state index in [-0.39, 0.29) is 16.6 Å². The summed E-state index contributed by atoms with van der Waals surface area (Å²) in [6.45, 7) is 4.07. The Labute approximate surface area is 190 Å². The summed E-state index contributed by atoms with van der Waals surface area (Å²) >= 11 is 5.23. The van der Waals surface area contributed by atoms with Crippen LogP contribution in [0.5, 0.6) is 5.75 Å². The number of anilines is 2. The van der Waals surface area contributed by atoms with E-state index in [1.807, 2.05) is 13.0 Å². The zero-order chi connectivity index (χ0) is 22.8. The van der Waals surface area contributed by atoms with Crippen LogP contribution in [0.15, 0.2) is 71.3 Å². The lowest BCUT2D eigenvalue weighted by Crippen LogP contribution is -2.54. The Hall–Kier alpha value is -3.85. The number of thiocarbonyl (C=S) groups is 1. The maximum Gasteiger partial charge on any atom is 0.269 e. The number of carbonyl (C=O) groups is 3. The summed E-state index contributed by atoms with van der Waals surface area (Å²) < 4.78 is 5.43. The maximum atomic E-state index is 13.2. The lowest BCUT2D eigenvalue weighted by Gasteiger charge is -2.29. The van der Waals surface area contributed by atoms with Crippen LogP contribution in [0.1, 0.15) is 13.8 Å². The number of hydrazone groups is 1. The third-order valence-electron chi connectivity index (χ3n) is 5.02. The molecule has 0 bridgehead atoms. The molecule has 2 aromatic carbocycles. The molecule has 2 aromatic rings. The number of nitrogens with one attached hydrogen (secondary N) is 1. The second kappa shape index (κ2) is 8.72. The second-order valence-corrected chi connectivity index (χ2v) is 7.50. The topological polar surface area (TPSA) is 91.3 Å². The van der Waals surface area contributed by atoms with Crippen LogP contribution < -0.4 is 20.0 Å². The predicted molar refractivity (Wildman–Crippen MR) is 124 cm³/mol. The van der Waals surface area contributed by atoms with E-state index in [4.69, 9.17) is 17.0 Å². The molecule has 2 aliphatic heterocycles. The molecule has 1 saturated heterocycles. The van der Waals surface area contributed by atoms with E-state index in [0.29, 0.717) is 29.4 Å². The molecule has 3 amide bonds. The van der Waals surface area contributed by atoms with Crippen LogP contribution in [0.4, 0.5) is 11.4 Å². The van der Waals surface area contributed by atoms with Crippen LogP contribution >= 0.6 is 12.2 Å². The van der Waals surface area contributed by atoms with Crippen molar-refractivity contribution in [2.24, 2.45) is 11.0 Å².